The summed E-state index contributed by atoms with van der Waals surface area (Å²) in [4.78, 5) is 25.4. The van der Waals surface area contributed by atoms with Gasteiger partial charge in [-0.05, 0) is 25.0 Å². The number of benzene rings is 1. The van der Waals surface area contributed by atoms with E-state index >= 15 is 0 Å². The van der Waals surface area contributed by atoms with Gasteiger partial charge in [0.15, 0.2) is 0 Å². The second kappa shape index (κ2) is 6.42. The second-order valence-corrected chi connectivity index (χ2v) is 5.95. The van der Waals surface area contributed by atoms with Gasteiger partial charge in [0, 0.05) is 23.7 Å². The average Bonchev–Trinajstić information content (AvgIpc) is 3.04. The van der Waals surface area contributed by atoms with E-state index < -0.39 is 11.9 Å². The van der Waals surface area contributed by atoms with Crippen molar-refractivity contribution < 1.29 is 19.2 Å². The molecule has 0 aliphatic carbocycles. The zero-order valence-corrected chi connectivity index (χ0v) is 13.0. The van der Waals surface area contributed by atoms with Crippen molar-refractivity contribution in [3.63, 3.8) is 0 Å². The van der Waals surface area contributed by atoms with Crippen LogP contribution in [0, 0.1) is 5.92 Å². The van der Waals surface area contributed by atoms with Crippen LogP contribution in [0.3, 0.4) is 0 Å². The number of carboxylic acids is 1. The molecular weight excluding hydrogens is 320 g/mol. The number of halogens is 1. The largest absolute Gasteiger partial charge is 0.481 e. The van der Waals surface area contributed by atoms with Crippen LogP contribution >= 0.6 is 11.6 Å². The summed E-state index contributed by atoms with van der Waals surface area (Å²) in [5.74, 6) is -1.65. The predicted molar refractivity (Wildman–Crippen MR) is 83.2 cm³/mol. The van der Waals surface area contributed by atoms with Crippen molar-refractivity contribution in [2.45, 2.75) is 12.8 Å². The van der Waals surface area contributed by atoms with Crippen LogP contribution in [0.5, 0.6) is 0 Å². The molecule has 3 rings (SSSR count). The highest BCUT2D eigenvalue weighted by Crippen LogP contribution is 2.26. The van der Waals surface area contributed by atoms with Crippen molar-refractivity contribution >= 4 is 23.5 Å². The van der Waals surface area contributed by atoms with E-state index in [1.807, 2.05) is 0 Å². The Kier molecular flexibility index (Phi) is 4.34. The normalized spacial score (nSPS) is 18.0. The maximum atomic E-state index is 12.7. The second-order valence-electron chi connectivity index (χ2n) is 5.51. The van der Waals surface area contributed by atoms with E-state index in [0.29, 0.717) is 35.7 Å². The molecule has 1 atom stereocenters. The number of aromatic nitrogens is 1. The third-order valence-corrected chi connectivity index (χ3v) is 4.23. The first-order valence-corrected chi connectivity index (χ1v) is 7.66. The topological polar surface area (TPSA) is 83.6 Å². The van der Waals surface area contributed by atoms with Crippen LogP contribution in [0.2, 0.25) is 5.02 Å². The first kappa shape index (κ1) is 15.6. The van der Waals surface area contributed by atoms with Crippen molar-refractivity contribution in [3.8, 4) is 11.3 Å². The SMILES string of the molecule is O=C(O)[C@H]1CCCN(C(=O)c2conc2-c2ccc(Cl)cc2)C1. The number of nitrogens with zero attached hydrogens (tertiary/aromatic N) is 2. The Balaban J connectivity index is 1.85. The first-order chi connectivity index (χ1) is 11.1. The summed E-state index contributed by atoms with van der Waals surface area (Å²) in [7, 11) is 0. The van der Waals surface area contributed by atoms with Crippen LogP contribution < -0.4 is 0 Å². The summed E-state index contributed by atoms with van der Waals surface area (Å²) in [6.07, 6.45) is 2.56. The van der Waals surface area contributed by atoms with E-state index in [1.165, 1.54) is 6.26 Å². The third kappa shape index (κ3) is 3.22. The molecule has 1 amide bonds. The van der Waals surface area contributed by atoms with E-state index in [4.69, 9.17) is 21.2 Å². The minimum absolute atomic E-state index is 0.208. The molecule has 7 heteroatoms. The quantitative estimate of drug-likeness (QED) is 0.933. The number of carbonyl (C=O) groups excluding carboxylic acids is 1. The monoisotopic (exact) mass is 334 g/mol. The standard InChI is InChI=1S/C16H15ClN2O4/c17-12-5-3-10(4-6-12)14-13(9-23-18-14)15(20)19-7-1-2-11(8-19)16(21)22/h3-6,9,11H,1-2,7-8H2,(H,21,22)/t11-/m0/s1. The Labute approximate surface area is 137 Å². The number of likely N-dealkylation sites (tertiary alicyclic amines) is 1. The molecule has 1 fully saturated rings. The third-order valence-electron chi connectivity index (χ3n) is 3.98. The van der Waals surface area contributed by atoms with E-state index in [9.17, 15) is 9.59 Å². The number of carboxylic acid groups (broad SMARTS) is 1. The lowest BCUT2D eigenvalue weighted by molar-refractivity contribution is -0.143. The molecule has 0 unspecified atom stereocenters. The summed E-state index contributed by atoms with van der Waals surface area (Å²) in [5, 5.41) is 13.6. The van der Waals surface area contributed by atoms with Gasteiger partial charge in [0.05, 0.1) is 5.92 Å². The van der Waals surface area contributed by atoms with E-state index in [-0.39, 0.29) is 12.5 Å². The maximum Gasteiger partial charge on any atom is 0.308 e. The van der Waals surface area contributed by atoms with Gasteiger partial charge >= 0.3 is 5.97 Å². The van der Waals surface area contributed by atoms with Crippen molar-refractivity contribution in [3.05, 3.63) is 41.1 Å². The number of hydrogen-bond acceptors (Lipinski definition) is 4. The lowest BCUT2D eigenvalue weighted by Gasteiger charge is -2.30. The summed E-state index contributed by atoms with van der Waals surface area (Å²) >= 11 is 5.87. The van der Waals surface area contributed by atoms with Crippen molar-refractivity contribution in [2.75, 3.05) is 13.1 Å². The van der Waals surface area contributed by atoms with E-state index in [0.717, 1.165) is 5.56 Å². The van der Waals surface area contributed by atoms with Gasteiger partial charge in [-0.15, -0.1) is 0 Å². The zero-order chi connectivity index (χ0) is 16.4. The van der Waals surface area contributed by atoms with Gasteiger partial charge < -0.3 is 14.5 Å². The minimum Gasteiger partial charge on any atom is -0.481 e. The van der Waals surface area contributed by atoms with Crippen molar-refractivity contribution in [1.29, 1.82) is 0 Å². The number of aliphatic carboxylic acids is 1. The van der Waals surface area contributed by atoms with Gasteiger partial charge in [-0.25, -0.2) is 0 Å². The number of amides is 1. The zero-order valence-electron chi connectivity index (χ0n) is 12.2. The minimum atomic E-state index is -0.870. The summed E-state index contributed by atoms with van der Waals surface area (Å²) in [5.41, 5.74) is 1.49. The Bertz CT molecular complexity index is 726. The molecule has 1 N–H and O–H groups in total. The number of piperidine rings is 1. The summed E-state index contributed by atoms with van der Waals surface area (Å²) < 4.78 is 4.97. The summed E-state index contributed by atoms with van der Waals surface area (Å²) in [6, 6.07) is 6.93. The van der Waals surface area contributed by atoms with Crippen LogP contribution in [0.15, 0.2) is 35.1 Å². The number of rotatable bonds is 3. The highest BCUT2D eigenvalue weighted by Gasteiger charge is 2.30. The van der Waals surface area contributed by atoms with Crippen LogP contribution in [-0.2, 0) is 4.79 Å². The van der Waals surface area contributed by atoms with Gasteiger partial charge in [-0.1, -0.05) is 28.9 Å². The molecule has 0 spiro atoms. The lowest BCUT2D eigenvalue weighted by Crippen LogP contribution is -2.42. The maximum absolute atomic E-state index is 12.7. The Morgan fingerprint density at radius 3 is 2.74 bits per heavy atom. The van der Waals surface area contributed by atoms with Crippen molar-refractivity contribution in [2.24, 2.45) is 5.92 Å². The fourth-order valence-electron chi connectivity index (χ4n) is 2.74. The van der Waals surface area contributed by atoms with Crippen molar-refractivity contribution in [1.82, 2.24) is 10.1 Å². The molecule has 0 bridgehead atoms. The predicted octanol–water partition coefficient (Wildman–Crippen LogP) is 2.93. The van der Waals surface area contributed by atoms with Gasteiger partial charge in [-0.2, -0.15) is 0 Å². The molecular formula is C16H15ClN2O4. The smallest absolute Gasteiger partial charge is 0.308 e. The summed E-state index contributed by atoms with van der Waals surface area (Å²) in [6.45, 7) is 0.743. The van der Waals surface area contributed by atoms with Crippen LogP contribution in [0.25, 0.3) is 11.3 Å². The van der Waals surface area contributed by atoms with Gasteiger partial charge in [-0.3, -0.25) is 9.59 Å². The van der Waals surface area contributed by atoms with Gasteiger partial charge in [0.2, 0.25) is 0 Å². The molecule has 2 heterocycles. The molecule has 6 nitrogen and oxygen atoms in total. The molecule has 120 valence electrons. The number of hydrogen-bond donors (Lipinski definition) is 1. The highest BCUT2D eigenvalue weighted by atomic mass is 35.5. The average molecular weight is 335 g/mol. The van der Waals surface area contributed by atoms with Crippen LogP contribution in [-0.4, -0.2) is 40.1 Å². The molecule has 0 saturated carbocycles. The molecule has 1 saturated heterocycles. The molecule has 2 aromatic rings. The van der Waals surface area contributed by atoms with Crippen LogP contribution in [0.1, 0.15) is 23.2 Å². The number of carbonyl (C=O) groups is 2. The van der Waals surface area contributed by atoms with E-state index in [2.05, 4.69) is 5.16 Å². The molecule has 1 aromatic carbocycles. The first-order valence-electron chi connectivity index (χ1n) is 7.28. The molecule has 23 heavy (non-hydrogen) atoms. The molecule has 1 aliphatic heterocycles. The fraction of sp³-hybridized carbons (Fsp3) is 0.312. The lowest BCUT2D eigenvalue weighted by atomic mass is 9.97. The van der Waals surface area contributed by atoms with Gasteiger partial charge in [0.25, 0.3) is 5.91 Å². The Hall–Kier alpha value is -2.34. The van der Waals surface area contributed by atoms with E-state index in [1.54, 1.807) is 29.2 Å². The fourth-order valence-corrected chi connectivity index (χ4v) is 2.86. The molecule has 0 radical (unpaired) electrons. The highest BCUT2D eigenvalue weighted by molar-refractivity contribution is 6.30. The Morgan fingerprint density at radius 1 is 1.30 bits per heavy atom. The molecule has 1 aromatic heterocycles. The van der Waals surface area contributed by atoms with Crippen LogP contribution in [0.4, 0.5) is 0 Å². The van der Waals surface area contributed by atoms with Gasteiger partial charge in [0.1, 0.15) is 17.5 Å². The molecule has 1 aliphatic rings. The Morgan fingerprint density at radius 2 is 2.04 bits per heavy atom.